The molecule has 4 nitrogen and oxygen atoms in total. The van der Waals surface area contributed by atoms with Crippen LogP contribution in [-0.2, 0) is 28.6 Å². The van der Waals surface area contributed by atoms with Crippen molar-refractivity contribution in [3.05, 3.63) is 29.6 Å². The number of nitrogens with zero attached hydrogens (tertiary/aromatic N) is 2. The first-order valence-corrected chi connectivity index (χ1v) is 7.10. The molecule has 7 heteroatoms. The van der Waals surface area contributed by atoms with Gasteiger partial charge in [0.05, 0.1) is 36.4 Å². The maximum absolute atomic E-state index is 12.8. The zero-order valence-corrected chi connectivity index (χ0v) is 12.6. The highest BCUT2D eigenvalue weighted by molar-refractivity contribution is 5.77. The summed E-state index contributed by atoms with van der Waals surface area (Å²) in [5, 5.41) is 0. The van der Waals surface area contributed by atoms with E-state index in [1.165, 1.54) is 6.07 Å². The summed E-state index contributed by atoms with van der Waals surface area (Å²) in [7, 11) is 1.60. The van der Waals surface area contributed by atoms with Gasteiger partial charge >= 0.3 is 6.18 Å². The molecule has 0 amide bonds. The van der Waals surface area contributed by atoms with E-state index in [2.05, 4.69) is 4.98 Å². The minimum absolute atomic E-state index is 0.364. The molecule has 1 heterocycles. The van der Waals surface area contributed by atoms with Crippen LogP contribution in [-0.4, -0.2) is 36.5 Å². The molecule has 0 N–H and O–H groups in total. The zero-order valence-electron chi connectivity index (χ0n) is 12.6. The highest BCUT2D eigenvalue weighted by Crippen LogP contribution is 2.31. The van der Waals surface area contributed by atoms with Crippen molar-refractivity contribution in [2.45, 2.75) is 26.1 Å². The van der Waals surface area contributed by atoms with Crippen LogP contribution in [0.25, 0.3) is 11.0 Å². The van der Waals surface area contributed by atoms with Crippen LogP contribution in [0.4, 0.5) is 13.2 Å². The van der Waals surface area contributed by atoms with Crippen LogP contribution in [0.5, 0.6) is 0 Å². The Balaban J connectivity index is 2.19. The number of fused-ring (bicyclic) bond motifs is 1. The summed E-state index contributed by atoms with van der Waals surface area (Å²) in [6.45, 7) is 4.04. The SMILES string of the molecule is CCn1c(CCOCCOC)nc2cc(C(F)(F)F)ccc21. The van der Waals surface area contributed by atoms with E-state index >= 15 is 0 Å². The Morgan fingerprint density at radius 3 is 2.59 bits per heavy atom. The van der Waals surface area contributed by atoms with Gasteiger partial charge in [0.15, 0.2) is 0 Å². The number of imidazole rings is 1. The standard InChI is InChI=1S/C15H19F3N2O2/c1-3-20-13-5-4-11(15(16,17)18)10-12(13)19-14(20)6-7-22-9-8-21-2/h4-5,10H,3,6-9H2,1-2H3. The second kappa shape index (κ2) is 7.11. The van der Waals surface area contributed by atoms with Gasteiger partial charge in [-0.15, -0.1) is 0 Å². The molecule has 0 fully saturated rings. The molecule has 0 saturated carbocycles. The molecule has 0 unspecified atom stereocenters. The van der Waals surface area contributed by atoms with Crippen LogP contribution in [0.3, 0.4) is 0 Å². The zero-order chi connectivity index (χ0) is 16.2. The topological polar surface area (TPSA) is 36.3 Å². The van der Waals surface area contributed by atoms with Gasteiger partial charge in [-0.3, -0.25) is 0 Å². The summed E-state index contributed by atoms with van der Waals surface area (Å²) >= 11 is 0. The molecule has 1 aromatic heterocycles. The van der Waals surface area contributed by atoms with Crippen molar-refractivity contribution in [3.63, 3.8) is 0 Å². The first-order valence-electron chi connectivity index (χ1n) is 7.10. The molecule has 122 valence electrons. The molecular formula is C15H19F3N2O2. The smallest absolute Gasteiger partial charge is 0.382 e. The van der Waals surface area contributed by atoms with E-state index in [4.69, 9.17) is 9.47 Å². The summed E-state index contributed by atoms with van der Waals surface area (Å²) in [5.74, 6) is 0.731. The van der Waals surface area contributed by atoms with Gasteiger partial charge in [-0.2, -0.15) is 13.2 Å². The maximum Gasteiger partial charge on any atom is 0.416 e. The second-order valence-corrected chi connectivity index (χ2v) is 4.83. The molecule has 0 aliphatic rings. The number of aryl methyl sites for hydroxylation is 1. The van der Waals surface area contributed by atoms with E-state index in [0.29, 0.717) is 43.8 Å². The average molecular weight is 316 g/mol. The van der Waals surface area contributed by atoms with Gasteiger partial charge in [0, 0.05) is 20.1 Å². The van der Waals surface area contributed by atoms with E-state index in [0.717, 1.165) is 18.0 Å². The summed E-state index contributed by atoms with van der Waals surface area (Å²) < 4.78 is 50.5. The van der Waals surface area contributed by atoms with Crippen LogP contribution in [0, 0.1) is 0 Å². The normalized spacial score (nSPS) is 12.2. The number of rotatable bonds is 7. The fraction of sp³-hybridized carbons (Fsp3) is 0.533. The first kappa shape index (κ1) is 16.8. The molecule has 0 bridgehead atoms. The maximum atomic E-state index is 12.8. The third-order valence-electron chi connectivity index (χ3n) is 3.37. The summed E-state index contributed by atoms with van der Waals surface area (Å²) in [6.07, 6.45) is -3.80. The van der Waals surface area contributed by atoms with Gasteiger partial charge in [0.2, 0.25) is 0 Å². The van der Waals surface area contributed by atoms with E-state index in [1.807, 2.05) is 11.5 Å². The number of hydrogen-bond acceptors (Lipinski definition) is 3. The molecule has 0 atom stereocenters. The predicted molar refractivity (Wildman–Crippen MR) is 76.8 cm³/mol. The van der Waals surface area contributed by atoms with Crippen LogP contribution >= 0.6 is 0 Å². The number of benzene rings is 1. The molecule has 2 rings (SSSR count). The molecule has 0 aliphatic heterocycles. The predicted octanol–water partition coefficient (Wildman–Crippen LogP) is 3.28. The minimum atomic E-state index is -4.35. The lowest BCUT2D eigenvalue weighted by atomic mass is 10.2. The van der Waals surface area contributed by atoms with Crippen molar-refractivity contribution in [2.75, 3.05) is 26.9 Å². The van der Waals surface area contributed by atoms with Crippen molar-refractivity contribution in [1.29, 1.82) is 0 Å². The Morgan fingerprint density at radius 2 is 1.95 bits per heavy atom. The summed E-state index contributed by atoms with van der Waals surface area (Å²) in [5.41, 5.74) is 0.398. The lowest BCUT2D eigenvalue weighted by Crippen LogP contribution is -2.09. The van der Waals surface area contributed by atoms with Crippen LogP contribution in [0.15, 0.2) is 18.2 Å². The van der Waals surface area contributed by atoms with Gasteiger partial charge in [-0.25, -0.2) is 4.98 Å². The third kappa shape index (κ3) is 3.78. The van der Waals surface area contributed by atoms with Crippen LogP contribution in [0.1, 0.15) is 18.3 Å². The minimum Gasteiger partial charge on any atom is -0.382 e. The van der Waals surface area contributed by atoms with E-state index in [9.17, 15) is 13.2 Å². The van der Waals surface area contributed by atoms with Crippen molar-refractivity contribution >= 4 is 11.0 Å². The Labute approximate surface area is 126 Å². The Bertz CT molecular complexity index is 623. The number of alkyl halides is 3. The highest BCUT2D eigenvalue weighted by Gasteiger charge is 2.31. The quantitative estimate of drug-likeness (QED) is 0.736. The number of hydrogen-bond donors (Lipinski definition) is 0. The third-order valence-corrected chi connectivity index (χ3v) is 3.37. The second-order valence-electron chi connectivity index (χ2n) is 4.83. The summed E-state index contributed by atoms with van der Waals surface area (Å²) in [6, 6.07) is 3.66. The molecule has 0 radical (unpaired) electrons. The van der Waals surface area contributed by atoms with E-state index in [1.54, 1.807) is 7.11 Å². The Morgan fingerprint density at radius 1 is 1.18 bits per heavy atom. The van der Waals surface area contributed by atoms with Gasteiger partial charge in [-0.1, -0.05) is 0 Å². The van der Waals surface area contributed by atoms with Gasteiger partial charge < -0.3 is 14.0 Å². The molecule has 0 aliphatic carbocycles. The van der Waals surface area contributed by atoms with Crippen molar-refractivity contribution in [1.82, 2.24) is 9.55 Å². The molecule has 22 heavy (non-hydrogen) atoms. The van der Waals surface area contributed by atoms with Gasteiger partial charge in [0.1, 0.15) is 5.82 Å². The monoisotopic (exact) mass is 316 g/mol. The van der Waals surface area contributed by atoms with Crippen molar-refractivity contribution in [3.8, 4) is 0 Å². The summed E-state index contributed by atoms with van der Waals surface area (Å²) in [4.78, 5) is 4.33. The van der Waals surface area contributed by atoms with Gasteiger partial charge in [-0.05, 0) is 25.1 Å². The number of halogens is 3. The van der Waals surface area contributed by atoms with Gasteiger partial charge in [0.25, 0.3) is 0 Å². The Kier molecular flexibility index (Phi) is 5.42. The number of ether oxygens (including phenoxy) is 2. The first-order chi connectivity index (χ1) is 10.5. The average Bonchev–Trinajstić information content (AvgIpc) is 2.82. The van der Waals surface area contributed by atoms with Crippen molar-refractivity contribution < 1.29 is 22.6 Å². The largest absolute Gasteiger partial charge is 0.416 e. The molecule has 1 aromatic carbocycles. The molecule has 2 aromatic rings. The lowest BCUT2D eigenvalue weighted by Gasteiger charge is -2.08. The molecule has 0 spiro atoms. The van der Waals surface area contributed by atoms with Crippen LogP contribution < -0.4 is 0 Å². The fourth-order valence-electron chi connectivity index (χ4n) is 2.31. The van der Waals surface area contributed by atoms with E-state index in [-0.39, 0.29) is 0 Å². The van der Waals surface area contributed by atoms with Crippen molar-refractivity contribution in [2.24, 2.45) is 0 Å². The Hall–Kier alpha value is -1.60. The molecular weight excluding hydrogens is 297 g/mol. The van der Waals surface area contributed by atoms with Crippen LogP contribution in [0.2, 0.25) is 0 Å². The van der Waals surface area contributed by atoms with E-state index < -0.39 is 11.7 Å². The lowest BCUT2D eigenvalue weighted by molar-refractivity contribution is -0.137. The highest BCUT2D eigenvalue weighted by atomic mass is 19.4. The fourth-order valence-corrected chi connectivity index (χ4v) is 2.31. The number of methoxy groups -OCH3 is 1. The number of aromatic nitrogens is 2. The molecule has 0 saturated heterocycles.